The van der Waals surface area contributed by atoms with Crippen LogP contribution >= 0.6 is 12.2 Å². The maximum Gasteiger partial charge on any atom is 0.337 e. The Bertz CT molecular complexity index is 555. The van der Waals surface area contributed by atoms with Crippen molar-refractivity contribution in [2.24, 2.45) is 5.41 Å². The fourth-order valence-electron chi connectivity index (χ4n) is 3.23. The molecular weight excluding hydrogens is 258 g/mol. The van der Waals surface area contributed by atoms with Crippen molar-refractivity contribution in [3.05, 3.63) is 34.9 Å². The van der Waals surface area contributed by atoms with Crippen molar-refractivity contribution in [3.63, 3.8) is 0 Å². The number of esters is 1. The molecule has 1 fully saturated rings. The van der Waals surface area contributed by atoms with Crippen molar-refractivity contribution >= 4 is 23.2 Å². The summed E-state index contributed by atoms with van der Waals surface area (Å²) in [6.45, 7) is 0.977. The first kappa shape index (κ1) is 12.6. The lowest BCUT2D eigenvalue weighted by molar-refractivity contribution is 0.0600. The van der Waals surface area contributed by atoms with Crippen molar-refractivity contribution in [2.45, 2.75) is 25.7 Å². The third kappa shape index (κ3) is 2.04. The number of fused-ring (bicyclic) bond motifs is 1. The van der Waals surface area contributed by atoms with Crippen LogP contribution in [0.1, 0.15) is 34.3 Å². The van der Waals surface area contributed by atoms with E-state index in [1.54, 1.807) is 0 Å². The van der Waals surface area contributed by atoms with Crippen LogP contribution in [0.3, 0.4) is 0 Å². The number of thiocarbonyl (C=S) groups is 1. The number of rotatable bonds is 1. The minimum atomic E-state index is -0.269. The van der Waals surface area contributed by atoms with Crippen LogP contribution in [0, 0.1) is 5.41 Å². The van der Waals surface area contributed by atoms with Gasteiger partial charge in [0.1, 0.15) is 0 Å². The fourth-order valence-corrected chi connectivity index (χ4v) is 3.61. The van der Waals surface area contributed by atoms with E-state index in [9.17, 15) is 4.79 Å². The second kappa shape index (κ2) is 4.60. The minimum Gasteiger partial charge on any atom is -0.465 e. The van der Waals surface area contributed by atoms with Gasteiger partial charge in [-0.1, -0.05) is 18.3 Å². The number of carbonyl (C=O) groups excluding carboxylic acids is 1. The molecule has 2 aliphatic rings. The topological polar surface area (TPSA) is 38.3 Å². The van der Waals surface area contributed by atoms with E-state index >= 15 is 0 Å². The summed E-state index contributed by atoms with van der Waals surface area (Å²) in [4.78, 5) is 12.6. The predicted molar refractivity (Wildman–Crippen MR) is 77.5 cm³/mol. The predicted octanol–water partition coefficient (Wildman–Crippen LogP) is 2.27. The average Bonchev–Trinajstić information content (AvgIpc) is 2.78. The van der Waals surface area contributed by atoms with Crippen LogP contribution in [0.2, 0.25) is 0 Å². The molecule has 1 spiro atoms. The highest BCUT2D eigenvalue weighted by atomic mass is 32.1. The normalized spacial score (nSPS) is 25.0. The Hall–Kier alpha value is -1.42. The van der Waals surface area contributed by atoms with E-state index in [2.05, 4.69) is 11.4 Å². The van der Waals surface area contributed by atoms with Crippen LogP contribution < -0.4 is 5.32 Å². The highest BCUT2D eigenvalue weighted by Crippen LogP contribution is 2.41. The molecule has 1 aliphatic carbocycles. The van der Waals surface area contributed by atoms with Crippen LogP contribution in [-0.2, 0) is 17.6 Å². The molecule has 4 heteroatoms. The Kier molecular flexibility index (Phi) is 3.05. The van der Waals surface area contributed by atoms with Crippen LogP contribution in [0.5, 0.6) is 0 Å². The Labute approximate surface area is 118 Å². The van der Waals surface area contributed by atoms with Crippen LogP contribution in [-0.4, -0.2) is 24.6 Å². The van der Waals surface area contributed by atoms with Gasteiger partial charge in [0, 0.05) is 12.0 Å². The summed E-state index contributed by atoms with van der Waals surface area (Å²) >= 11 is 5.48. The minimum absolute atomic E-state index is 0.122. The lowest BCUT2D eigenvalue weighted by Gasteiger charge is -2.34. The van der Waals surface area contributed by atoms with Gasteiger partial charge < -0.3 is 10.1 Å². The largest absolute Gasteiger partial charge is 0.465 e. The standard InChI is InChI=1S/C15H17NO2S/c1-18-13(17)11-3-2-10-4-5-15(9-12(10)8-11)6-7-16-14(15)19/h2-3,8H,4-7,9H2,1H3,(H,16,19). The first-order valence-corrected chi connectivity index (χ1v) is 7.04. The van der Waals surface area contributed by atoms with Gasteiger partial charge in [-0.15, -0.1) is 0 Å². The number of hydrogen-bond donors (Lipinski definition) is 1. The van der Waals surface area contributed by atoms with E-state index in [4.69, 9.17) is 17.0 Å². The Morgan fingerprint density at radius 1 is 1.37 bits per heavy atom. The first-order valence-electron chi connectivity index (χ1n) is 6.63. The van der Waals surface area contributed by atoms with Gasteiger partial charge in [-0.05, 0) is 48.9 Å². The van der Waals surface area contributed by atoms with Crippen molar-refractivity contribution < 1.29 is 9.53 Å². The van der Waals surface area contributed by atoms with Crippen LogP contribution in [0.4, 0.5) is 0 Å². The third-order valence-electron chi connectivity index (χ3n) is 4.40. The maximum absolute atomic E-state index is 11.6. The molecular formula is C15H17NO2S. The summed E-state index contributed by atoms with van der Waals surface area (Å²) in [7, 11) is 1.42. The zero-order valence-electron chi connectivity index (χ0n) is 11.0. The van der Waals surface area contributed by atoms with Crippen molar-refractivity contribution in [2.75, 3.05) is 13.7 Å². The molecule has 3 nitrogen and oxygen atoms in total. The molecule has 1 atom stereocenters. The molecule has 1 aliphatic heterocycles. The van der Waals surface area contributed by atoms with Gasteiger partial charge in [-0.2, -0.15) is 0 Å². The summed E-state index contributed by atoms with van der Waals surface area (Å²) in [6, 6.07) is 5.89. The molecule has 1 aromatic rings. The van der Waals surface area contributed by atoms with Gasteiger partial charge in [0.25, 0.3) is 0 Å². The van der Waals surface area contributed by atoms with E-state index in [-0.39, 0.29) is 11.4 Å². The van der Waals surface area contributed by atoms with E-state index in [1.165, 1.54) is 18.2 Å². The molecule has 0 aromatic heterocycles. The third-order valence-corrected chi connectivity index (χ3v) is 4.98. The van der Waals surface area contributed by atoms with Gasteiger partial charge in [-0.25, -0.2) is 4.79 Å². The molecule has 1 saturated heterocycles. The molecule has 1 unspecified atom stereocenters. The lowest BCUT2D eigenvalue weighted by atomic mass is 9.71. The fraction of sp³-hybridized carbons (Fsp3) is 0.467. The molecule has 100 valence electrons. The van der Waals surface area contributed by atoms with Crippen molar-refractivity contribution in [1.29, 1.82) is 0 Å². The summed E-state index contributed by atoms with van der Waals surface area (Å²) in [5.41, 5.74) is 3.35. The molecule has 19 heavy (non-hydrogen) atoms. The number of methoxy groups -OCH3 is 1. The Morgan fingerprint density at radius 2 is 2.21 bits per heavy atom. The highest BCUT2D eigenvalue weighted by Gasteiger charge is 2.41. The second-order valence-corrected chi connectivity index (χ2v) is 5.85. The Balaban J connectivity index is 1.95. The number of aryl methyl sites for hydroxylation is 1. The first-order chi connectivity index (χ1) is 9.14. The smallest absolute Gasteiger partial charge is 0.337 e. The van der Waals surface area contributed by atoms with E-state index in [1.807, 2.05) is 12.1 Å². The monoisotopic (exact) mass is 275 g/mol. The number of carbonyl (C=O) groups is 1. The summed E-state index contributed by atoms with van der Waals surface area (Å²) < 4.78 is 4.79. The molecule has 0 radical (unpaired) electrons. The summed E-state index contributed by atoms with van der Waals surface area (Å²) in [5, 5.41) is 3.30. The van der Waals surface area contributed by atoms with Gasteiger partial charge in [0.05, 0.1) is 17.7 Å². The van der Waals surface area contributed by atoms with E-state index in [0.29, 0.717) is 5.56 Å². The number of ether oxygens (including phenoxy) is 1. The van der Waals surface area contributed by atoms with Gasteiger partial charge >= 0.3 is 5.97 Å². The molecule has 0 bridgehead atoms. The zero-order valence-corrected chi connectivity index (χ0v) is 11.8. The van der Waals surface area contributed by atoms with Crippen LogP contribution in [0.25, 0.3) is 0 Å². The molecule has 3 rings (SSSR count). The van der Waals surface area contributed by atoms with Crippen molar-refractivity contribution in [1.82, 2.24) is 5.32 Å². The van der Waals surface area contributed by atoms with Crippen molar-refractivity contribution in [3.8, 4) is 0 Å². The quantitative estimate of drug-likeness (QED) is 0.630. The second-order valence-electron chi connectivity index (χ2n) is 5.44. The highest BCUT2D eigenvalue weighted by molar-refractivity contribution is 7.80. The van der Waals surface area contributed by atoms with Gasteiger partial charge in [0.2, 0.25) is 0 Å². The molecule has 1 N–H and O–H groups in total. The maximum atomic E-state index is 11.6. The number of benzene rings is 1. The van der Waals surface area contributed by atoms with E-state index < -0.39 is 0 Å². The van der Waals surface area contributed by atoms with Gasteiger partial charge in [-0.3, -0.25) is 0 Å². The average molecular weight is 275 g/mol. The van der Waals surface area contributed by atoms with Gasteiger partial charge in [0.15, 0.2) is 0 Å². The Morgan fingerprint density at radius 3 is 2.89 bits per heavy atom. The summed E-state index contributed by atoms with van der Waals surface area (Å²) in [5.74, 6) is -0.269. The number of nitrogens with one attached hydrogen (secondary N) is 1. The zero-order chi connectivity index (χ0) is 13.5. The summed E-state index contributed by atoms with van der Waals surface area (Å²) in [6.07, 6.45) is 4.20. The SMILES string of the molecule is COC(=O)c1ccc2c(c1)CC1(CCNC1=S)CC2. The molecule has 0 saturated carbocycles. The molecule has 1 aromatic carbocycles. The van der Waals surface area contributed by atoms with Crippen LogP contribution in [0.15, 0.2) is 18.2 Å². The molecule has 0 amide bonds. The molecule has 1 heterocycles. The van der Waals surface area contributed by atoms with E-state index in [0.717, 1.165) is 37.2 Å². The lowest BCUT2D eigenvalue weighted by Crippen LogP contribution is -2.35. The number of hydrogen-bond acceptors (Lipinski definition) is 3.